The van der Waals surface area contributed by atoms with Gasteiger partial charge in [-0.05, 0) is 121 Å². The number of benzene rings is 5. The van der Waals surface area contributed by atoms with Crippen molar-refractivity contribution in [3.05, 3.63) is 146 Å². The van der Waals surface area contributed by atoms with E-state index in [9.17, 15) is 4.57 Å². The summed E-state index contributed by atoms with van der Waals surface area (Å²) in [5, 5.41) is 2.28. The molecule has 9 nitrogen and oxygen atoms in total. The van der Waals surface area contributed by atoms with Crippen molar-refractivity contribution in [2.24, 2.45) is 9.03 Å². The van der Waals surface area contributed by atoms with E-state index in [4.69, 9.17) is 85.1 Å². The molecule has 0 aromatic heterocycles. The van der Waals surface area contributed by atoms with E-state index in [1.165, 1.54) is 12.1 Å². The zero-order valence-electron chi connectivity index (χ0n) is 23.6. The van der Waals surface area contributed by atoms with Gasteiger partial charge in [0.15, 0.2) is 0 Å². The lowest BCUT2D eigenvalue weighted by Crippen LogP contribution is -2.22. The molecular weight excluding hydrogens is 769 g/mol. The second-order valence-electron chi connectivity index (χ2n) is 9.54. The number of nitrogens with zero attached hydrogens (tertiary/aromatic N) is 2. The minimum atomic E-state index is -4.45. The zero-order valence-corrected chi connectivity index (χ0v) is 30.1. The molecule has 0 radical (unpaired) electrons. The van der Waals surface area contributed by atoms with Crippen LogP contribution in [0.15, 0.2) is 130 Å². The predicted octanol–water partition coefficient (Wildman–Crippen LogP) is 13.3. The smallest absolute Gasteiger partial charge is 0.418 e. The van der Waals surface area contributed by atoms with Crippen LogP contribution in [-0.4, -0.2) is 0 Å². The van der Waals surface area contributed by atoms with Gasteiger partial charge in [-0.2, -0.15) is 0 Å². The lowest BCUT2D eigenvalue weighted by molar-refractivity contribution is 0.435. The molecule has 0 saturated carbocycles. The fraction of sp³-hybridized carbons (Fsp3) is 0. The largest absolute Gasteiger partial charge is 0.460 e. The van der Waals surface area contributed by atoms with Crippen molar-refractivity contribution < 1.29 is 27.2 Å². The van der Waals surface area contributed by atoms with Gasteiger partial charge in [0.1, 0.15) is 28.7 Å². The highest BCUT2D eigenvalue weighted by Crippen LogP contribution is 2.75. The van der Waals surface area contributed by atoms with Crippen LogP contribution in [0.2, 0.25) is 25.1 Å². The molecule has 1 aliphatic heterocycles. The minimum absolute atomic E-state index is 0.169. The zero-order chi connectivity index (χ0) is 33.1. The van der Waals surface area contributed by atoms with Crippen molar-refractivity contribution in [1.29, 1.82) is 0 Å². The third-order valence-corrected chi connectivity index (χ3v) is 15.2. The van der Waals surface area contributed by atoms with Crippen molar-refractivity contribution in [1.82, 2.24) is 4.86 Å². The Labute approximate surface area is 295 Å². The van der Waals surface area contributed by atoms with Gasteiger partial charge >= 0.3 is 23.0 Å². The van der Waals surface area contributed by atoms with E-state index in [1.54, 1.807) is 109 Å². The van der Waals surface area contributed by atoms with Crippen molar-refractivity contribution in [2.75, 3.05) is 0 Å². The van der Waals surface area contributed by atoms with Crippen molar-refractivity contribution >= 4 is 81.0 Å². The molecule has 0 spiro atoms. The third kappa shape index (κ3) is 9.01. The van der Waals surface area contributed by atoms with E-state index in [0.717, 1.165) is 0 Å². The average Bonchev–Trinajstić information content (AvgIpc) is 3.02. The third-order valence-electron chi connectivity index (χ3n) is 5.92. The van der Waals surface area contributed by atoms with Crippen LogP contribution in [0.5, 0.6) is 28.7 Å². The highest BCUT2D eigenvalue weighted by atomic mass is 35.5. The second-order valence-corrected chi connectivity index (χ2v) is 17.9. The molecule has 47 heavy (non-hydrogen) atoms. The SMILES string of the molecule is O=P1(Oc2ccc(Cl)cc2)N=P(Oc2ccc(Cl)cc2)(Oc2ccc(Cl)cc2)N=P(Oc2ccc(Cl)cc2)(Oc2ccc(Cl)cc2)N1. The quantitative estimate of drug-likeness (QED) is 0.141. The topological polar surface area (TPSA) is 100.0 Å². The summed E-state index contributed by atoms with van der Waals surface area (Å²) in [5.41, 5.74) is 0. The summed E-state index contributed by atoms with van der Waals surface area (Å²) in [5.74, 6) is 1.21. The summed E-state index contributed by atoms with van der Waals surface area (Å²) >= 11 is 30.7. The van der Waals surface area contributed by atoms with E-state index in [0.29, 0.717) is 25.1 Å². The Bertz CT molecular complexity index is 1930. The normalized spacial score (nSPS) is 17.8. The molecule has 1 aliphatic rings. The first-order valence-corrected chi connectivity index (χ1v) is 20.0. The van der Waals surface area contributed by atoms with Crippen LogP contribution < -0.4 is 27.5 Å². The standard InChI is InChI=1S/C30H21Cl5N3O6P3/c31-21-1-11-26(12-2-21)40-45(39)36-46(41-27-13-3-22(32)4-14-27,42-28-15-5-23(33)6-16-28)38-47(37-45,43-29-17-7-24(34)8-18-29)44-30-19-9-25(35)10-20-30/h1-20H,(H,36,39). The molecule has 6 rings (SSSR count). The number of hydrogen-bond donors (Lipinski definition) is 1. The fourth-order valence-electron chi connectivity index (χ4n) is 3.92. The maximum absolute atomic E-state index is 15.0. The van der Waals surface area contributed by atoms with Crippen LogP contribution >= 0.6 is 81.0 Å². The molecular formula is C30H21Cl5N3O6P3. The number of halogens is 5. The van der Waals surface area contributed by atoms with Crippen molar-refractivity contribution in [3.63, 3.8) is 0 Å². The maximum Gasteiger partial charge on any atom is 0.460 e. The van der Waals surface area contributed by atoms with E-state index in [2.05, 4.69) is 9.37 Å². The van der Waals surface area contributed by atoms with Gasteiger partial charge in [0, 0.05) is 25.1 Å². The van der Waals surface area contributed by atoms with Gasteiger partial charge in [0.25, 0.3) is 0 Å². The average molecular weight is 790 g/mol. The minimum Gasteiger partial charge on any atom is -0.418 e. The first-order valence-electron chi connectivity index (χ1n) is 13.4. The Morgan fingerprint density at radius 1 is 0.404 bits per heavy atom. The molecule has 0 fully saturated rings. The van der Waals surface area contributed by atoms with E-state index < -0.39 is 23.0 Å². The second kappa shape index (κ2) is 14.4. The Morgan fingerprint density at radius 2 is 0.681 bits per heavy atom. The molecule has 1 atom stereocenters. The Balaban J connectivity index is 1.59. The Morgan fingerprint density at radius 3 is 1.00 bits per heavy atom. The van der Waals surface area contributed by atoms with Crippen LogP contribution in [0.1, 0.15) is 0 Å². The lowest BCUT2D eigenvalue weighted by Gasteiger charge is -2.34. The molecule has 17 heteroatoms. The van der Waals surface area contributed by atoms with Gasteiger partial charge in [-0.3, -0.25) is 0 Å². The molecule has 0 aliphatic carbocycles. The van der Waals surface area contributed by atoms with Crippen molar-refractivity contribution in [2.45, 2.75) is 0 Å². The summed E-state index contributed by atoms with van der Waals surface area (Å²) in [6.07, 6.45) is 0. The van der Waals surface area contributed by atoms with E-state index >= 15 is 0 Å². The molecule has 0 saturated heterocycles. The highest BCUT2D eigenvalue weighted by molar-refractivity contribution is 7.81. The van der Waals surface area contributed by atoms with Crippen LogP contribution in [0.25, 0.3) is 0 Å². The molecule has 242 valence electrons. The van der Waals surface area contributed by atoms with Crippen LogP contribution in [0.4, 0.5) is 0 Å². The van der Waals surface area contributed by atoms with Crippen LogP contribution in [0, 0.1) is 0 Å². The molecule has 1 heterocycles. The van der Waals surface area contributed by atoms with Crippen molar-refractivity contribution in [3.8, 4) is 28.7 Å². The first-order chi connectivity index (χ1) is 22.5. The fourth-order valence-corrected chi connectivity index (χ4v) is 13.3. The van der Waals surface area contributed by atoms with Crippen LogP contribution in [0.3, 0.4) is 0 Å². The Hall–Kier alpha value is -2.80. The molecule has 1 N–H and O–H groups in total. The molecule has 5 aromatic carbocycles. The maximum atomic E-state index is 15.0. The summed E-state index contributed by atoms with van der Waals surface area (Å²) in [4.78, 5) is 2.87. The summed E-state index contributed by atoms with van der Waals surface area (Å²) in [6.45, 7) is 0. The summed E-state index contributed by atoms with van der Waals surface area (Å²) in [7, 11) is -12.6. The summed E-state index contributed by atoms with van der Waals surface area (Å²) < 4.78 is 56.3. The van der Waals surface area contributed by atoms with E-state index in [1.807, 2.05) is 0 Å². The number of rotatable bonds is 10. The molecule has 0 bridgehead atoms. The van der Waals surface area contributed by atoms with Gasteiger partial charge in [0.2, 0.25) is 0 Å². The van der Waals surface area contributed by atoms with Gasteiger partial charge < -0.3 is 22.6 Å². The number of nitrogens with one attached hydrogen (secondary N) is 1. The monoisotopic (exact) mass is 787 g/mol. The molecule has 0 amide bonds. The van der Waals surface area contributed by atoms with Gasteiger partial charge in [-0.1, -0.05) is 58.0 Å². The predicted molar refractivity (Wildman–Crippen MR) is 190 cm³/mol. The molecule has 5 aromatic rings. The highest BCUT2D eigenvalue weighted by Gasteiger charge is 2.50. The van der Waals surface area contributed by atoms with Gasteiger partial charge in [0.05, 0.1) is 0 Å². The lowest BCUT2D eigenvalue weighted by atomic mass is 10.3. The van der Waals surface area contributed by atoms with Crippen LogP contribution in [-0.2, 0) is 4.57 Å². The Kier molecular flexibility index (Phi) is 10.4. The first kappa shape index (κ1) is 34.1. The van der Waals surface area contributed by atoms with E-state index in [-0.39, 0.29) is 28.7 Å². The van der Waals surface area contributed by atoms with Gasteiger partial charge in [-0.15, -0.1) is 13.9 Å². The molecule has 1 unspecified atom stereocenters. The van der Waals surface area contributed by atoms with Gasteiger partial charge in [-0.25, -0.2) is 4.57 Å². The summed E-state index contributed by atoms with van der Waals surface area (Å²) in [6, 6.07) is 31.9. The number of hydrogen-bond acceptors (Lipinski definition) is 7.